The van der Waals surface area contributed by atoms with Crippen molar-refractivity contribution in [1.82, 2.24) is 20.4 Å². The van der Waals surface area contributed by atoms with E-state index in [1.807, 2.05) is 30.3 Å². The van der Waals surface area contributed by atoms with E-state index in [4.69, 9.17) is 5.73 Å². The lowest BCUT2D eigenvalue weighted by molar-refractivity contribution is 0.283. The van der Waals surface area contributed by atoms with Crippen molar-refractivity contribution in [2.24, 2.45) is 10.4 Å². The highest BCUT2D eigenvalue weighted by Crippen LogP contribution is 2.40. The number of nitrogens with one attached hydrogen (secondary N) is 2. The van der Waals surface area contributed by atoms with Crippen LogP contribution in [0.2, 0.25) is 0 Å². The third kappa shape index (κ3) is 4.93. The van der Waals surface area contributed by atoms with E-state index >= 15 is 0 Å². The molecule has 7 nitrogen and oxygen atoms in total. The largest absolute Gasteiger partial charge is 0.382 e. The van der Waals surface area contributed by atoms with Gasteiger partial charge in [0, 0.05) is 20.1 Å². The summed E-state index contributed by atoms with van der Waals surface area (Å²) >= 11 is 0. The summed E-state index contributed by atoms with van der Waals surface area (Å²) in [6, 6.07) is 11.9. The maximum absolute atomic E-state index is 9.54. The number of hydrogen-bond acceptors (Lipinski definition) is 4. The number of benzene rings is 1. The number of nitrogen functional groups attached to an aromatic ring is 1. The monoisotopic (exact) mass is 407 g/mol. The minimum Gasteiger partial charge on any atom is -0.382 e. The number of aryl methyl sites for hydroxylation is 1. The number of guanidine groups is 1. The van der Waals surface area contributed by atoms with Gasteiger partial charge in [0.05, 0.1) is 11.4 Å². The smallest absolute Gasteiger partial charge is 0.190 e. The van der Waals surface area contributed by atoms with Crippen LogP contribution in [0.3, 0.4) is 0 Å². The summed E-state index contributed by atoms with van der Waals surface area (Å²) in [4.78, 5) is 4.35. The first-order valence-corrected chi connectivity index (χ1v) is 10.9. The molecule has 1 aromatic heterocycles. The Kier molecular flexibility index (Phi) is 7.34. The summed E-state index contributed by atoms with van der Waals surface area (Å²) in [6.07, 6.45) is 7.99. The van der Waals surface area contributed by atoms with Crippen molar-refractivity contribution in [2.75, 3.05) is 25.9 Å². The molecular formula is C23H33N7. The molecule has 0 amide bonds. The molecule has 0 radical (unpaired) electrons. The van der Waals surface area contributed by atoms with Gasteiger partial charge in [-0.15, -0.1) is 0 Å². The van der Waals surface area contributed by atoms with Gasteiger partial charge in [-0.25, -0.2) is 4.68 Å². The standard InChI is InChI=1S/C23H33N7/c1-3-23(13-7-8-14-23)17-28-22(26-2)27-15-9-12-20-19(16-24)21(25)30(29-20)18-10-5-4-6-11-18/h4-6,10-11H,3,7-9,12-15,17,25H2,1-2H3,(H2,26,27,28). The average Bonchev–Trinajstić information content (AvgIpc) is 3.38. The van der Waals surface area contributed by atoms with Crippen molar-refractivity contribution < 1.29 is 0 Å². The first-order chi connectivity index (χ1) is 14.6. The minimum atomic E-state index is 0.394. The van der Waals surface area contributed by atoms with Crippen LogP contribution in [0, 0.1) is 16.7 Å². The second kappa shape index (κ2) is 10.1. The van der Waals surface area contributed by atoms with E-state index in [0.29, 0.717) is 23.2 Å². The lowest BCUT2D eigenvalue weighted by Gasteiger charge is -2.28. The Morgan fingerprint density at radius 3 is 2.63 bits per heavy atom. The van der Waals surface area contributed by atoms with Gasteiger partial charge in [0.1, 0.15) is 17.5 Å². The normalized spacial score (nSPS) is 15.7. The molecule has 4 N–H and O–H groups in total. The lowest BCUT2D eigenvalue weighted by atomic mass is 9.83. The van der Waals surface area contributed by atoms with Crippen LogP contribution in [0.15, 0.2) is 35.3 Å². The third-order valence-electron chi connectivity index (χ3n) is 6.26. The van der Waals surface area contributed by atoms with Gasteiger partial charge in [-0.2, -0.15) is 10.4 Å². The van der Waals surface area contributed by atoms with E-state index in [9.17, 15) is 5.26 Å². The highest BCUT2D eigenvalue weighted by molar-refractivity contribution is 5.79. The van der Waals surface area contributed by atoms with Gasteiger partial charge in [-0.1, -0.05) is 38.0 Å². The Balaban J connectivity index is 1.53. The highest BCUT2D eigenvalue weighted by atomic mass is 15.3. The van der Waals surface area contributed by atoms with Crippen molar-refractivity contribution in [3.63, 3.8) is 0 Å². The van der Waals surface area contributed by atoms with Crippen LogP contribution >= 0.6 is 0 Å². The number of anilines is 1. The van der Waals surface area contributed by atoms with Crippen molar-refractivity contribution in [2.45, 2.75) is 51.9 Å². The number of nitriles is 1. The molecule has 2 aromatic rings. The molecule has 0 saturated heterocycles. The molecule has 7 heteroatoms. The topological polar surface area (TPSA) is 104 Å². The van der Waals surface area contributed by atoms with E-state index in [-0.39, 0.29) is 0 Å². The zero-order valence-corrected chi connectivity index (χ0v) is 18.1. The molecule has 30 heavy (non-hydrogen) atoms. The number of aromatic nitrogens is 2. The Morgan fingerprint density at radius 2 is 2.00 bits per heavy atom. The van der Waals surface area contributed by atoms with Gasteiger partial charge in [-0.3, -0.25) is 4.99 Å². The maximum Gasteiger partial charge on any atom is 0.190 e. The third-order valence-corrected chi connectivity index (χ3v) is 6.26. The Bertz CT molecular complexity index is 886. The Hall–Kier alpha value is -3.01. The summed E-state index contributed by atoms with van der Waals surface area (Å²) < 4.78 is 1.65. The summed E-state index contributed by atoms with van der Waals surface area (Å²) in [5, 5.41) is 21.0. The van der Waals surface area contributed by atoms with E-state index in [1.165, 1.54) is 32.1 Å². The van der Waals surface area contributed by atoms with Crippen molar-refractivity contribution >= 4 is 11.8 Å². The van der Waals surface area contributed by atoms with Crippen LogP contribution in [0.4, 0.5) is 5.82 Å². The molecule has 0 unspecified atom stereocenters. The van der Waals surface area contributed by atoms with Crippen LogP contribution in [0.5, 0.6) is 0 Å². The highest BCUT2D eigenvalue weighted by Gasteiger charge is 2.31. The molecule has 0 spiro atoms. The van der Waals surface area contributed by atoms with E-state index in [2.05, 4.69) is 33.7 Å². The number of nitrogens with zero attached hydrogens (tertiary/aromatic N) is 4. The maximum atomic E-state index is 9.54. The summed E-state index contributed by atoms with van der Waals surface area (Å²) in [5.41, 5.74) is 8.66. The average molecular weight is 408 g/mol. The lowest BCUT2D eigenvalue weighted by Crippen LogP contribution is -2.43. The fraction of sp³-hybridized carbons (Fsp3) is 0.522. The minimum absolute atomic E-state index is 0.394. The predicted molar refractivity (Wildman–Crippen MR) is 122 cm³/mol. The first kappa shape index (κ1) is 21.7. The predicted octanol–water partition coefficient (Wildman–Crippen LogP) is 3.39. The zero-order chi connectivity index (χ0) is 21.4. The van der Waals surface area contributed by atoms with Gasteiger partial charge in [0.15, 0.2) is 5.96 Å². The molecular weight excluding hydrogens is 374 g/mol. The van der Waals surface area contributed by atoms with Crippen molar-refractivity contribution in [1.29, 1.82) is 5.26 Å². The van der Waals surface area contributed by atoms with Crippen molar-refractivity contribution in [3.8, 4) is 11.8 Å². The van der Waals surface area contributed by atoms with Gasteiger partial charge in [-0.05, 0) is 49.7 Å². The van der Waals surface area contributed by atoms with E-state index < -0.39 is 0 Å². The Morgan fingerprint density at radius 1 is 1.27 bits per heavy atom. The molecule has 0 atom stereocenters. The molecule has 1 aliphatic rings. The molecule has 0 aliphatic heterocycles. The molecule has 1 aromatic carbocycles. The number of hydrogen-bond donors (Lipinski definition) is 3. The number of rotatable bonds is 8. The molecule has 1 heterocycles. The zero-order valence-electron chi connectivity index (χ0n) is 18.1. The fourth-order valence-corrected chi connectivity index (χ4v) is 4.28. The fourth-order valence-electron chi connectivity index (χ4n) is 4.28. The number of aliphatic imine (C=N–C) groups is 1. The second-order valence-electron chi connectivity index (χ2n) is 8.08. The molecule has 160 valence electrons. The van der Waals surface area contributed by atoms with Gasteiger partial charge >= 0.3 is 0 Å². The van der Waals surface area contributed by atoms with Gasteiger partial charge in [0.25, 0.3) is 0 Å². The summed E-state index contributed by atoms with van der Waals surface area (Å²) in [7, 11) is 1.80. The van der Waals surface area contributed by atoms with Crippen LogP contribution in [0.1, 0.15) is 56.7 Å². The molecule has 1 saturated carbocycles. The summed E-state index contributed by atoms with van der Waals surface area (Å²) in [6.45, 7) is 4.01. The van der Waals surface area contributed by atoms with E-state index in [1.54, 1.807) is 11.7 Å². The van der Waals surface area contributed by atoms with E-state index in [0.717, 1.165) is 36.9 Å². The second-order valence-corrected chi connectivity index (χ2v) is 8.08. The molecule has 0 bridgehead atoms. The molecule has 3 rings (SSSR count). The van der Waals surface area contributed by atoms with Crippen LogP contribution in [-0.4, -0.2) is 35.9 Å². The summed E-state index contributed by atoms with van der Waals surface area (Å²) in [5.74, 6) is 1.23. The van der Waals surface area contributed by atoms with Crippen LogP contribution < -0.4 is 16.4 Å². The van der Waals surface area contributed by atoms with Gasteiger partial charge < -0.3 is 16.4 Å². The number of para-hydroxylation sites is 1. The first-order valence-electron chi connectivity index (χ1n) is 10.9. The van der Waals surface area contributed by atoms with Crippen LogP contribution in [0.25, 0.3) is 5.69 Å². The van der Waals surface area contributed by atoms with Crippen molar-refractivity contribution in [3.05, 3.63) is 41.6 Å². The quantitative estimate of drug-likeness (QED) is 0.353. The molecule has 1 fully saturated rings. The number of nitrogens with two attached hydrogens (primary N) is 1. The Labute approximate surface area is 179 Å². The van der Waals surface area contributed by atoms with Crippen LogP contribution in [-0.2, 0) is 6.42 Å². The SMILES string of the molecule is CCC1(CNC(=NC)NCCCc2nn(-c3ccccc3)c(N)c2C#N)CCCC1. The molecule has 1 aliphatic carbocycles. The van der Waals surface area contributed by atoms with Gasteiger partial charge in [0.2, 0.25) is 0 Å².